The fourth-order valence-corrected chi connectivity index (χ4v) is 3.99. The Balaban J connectivity index is 1.91. The highest BCUT2D eigenvalue weighted by molar-refractivity contribution is 8.00. The van der Waals surface area contributed by atoms with E-state index in [-0.39, 0.29) is 11.3 Å². The monoisotopic (exact) mass is 359 g/mol. The van der Waals surface area contributed by atoms with Gasteiger partial charge < -0.3 is 14.2 Å². The Morgan fingerprint density at radius 2 is 1.80 bits per heavy atom. The minimum Gasteiger partial charge on any atom is -0.494 e. The van der Waals surface area contributed by atoms with Gasteiger partial charge in [-0.15, -0.1) is 11.8 Å². The van der Waals surface area contributed by atoms with E-state index in [1.807, 2.05) is 54.3 Å². The zero-order chi connectivity index (χ0) is 17.8. The summed E-state index contributed by atoms with van der Waals surface area (Å²) >= 11 is 1.60. The molecule has 1 aliphatic rings. The lowest BCUT2D eigenvalue weighted by atomic mass is 10.1. The third-order valence-electron chi connectivity index (χ3n) is 3.99. The normalized spacial score (nSPS) is 16.8. The molecule has 0 N–H and O–H groups in total. The molecule has 0 radical (unpaired) electrons. The second-order valence-electron chi connectivity index (χ2n) is 5.47. The van der Waals surface area contributed by atoms with Crippen LogP contribution in [0.15, 0.2) is 42.5 Å². The van der Waals surface area contributed by atoms with Crippen LogP contribution in [0.5, 0.6) is 17.2 Å². The largest absolute Gasteiger partial charge is 0.494 e. The summed E-state index contributed by atoms with van der Waals surface area (Å²) in [5.74, 6) is 2.67. The maximum atomic E-state index is 12.5. The van der Waals surface area contributed by atoms with Gasteiger partial charge in [-0.2, -0.15) is 0 Å². The van der Waals surface area contributed by atoms with Gasteiger partial charge in [0.25, 0.3) is 0 Å². The molecule has 0 spiro atoms. The first kappa shape index (κ1) is 17.5. The fraction of sp³-hybridized carbons (Fsp3) is 0.316. The fourth-order valence-electron chi connectivity index (χ4n) is 2.83. The van der Waals surface area contributed by atoms with Crippen molar-refractivity contribution in [3.05, 3.63) is 48.0 Å². The number of carbonyl (C=O) groups is 1. The molecule has 0 unspecified atom stereocenters. The lowest BCUT2D eigenvalue weighted by Gasteiger charge is -2.25. The van der Waals surface area contributed by atoms with Gasteiger partial charge in [-0.05, 0) is 48.9 Å². The van der Waals surface area contributed by atoms with Gasteiger partial charge in [-0.3, -0.25) is 9.69 Å². The number of thioether (sulfide) groups is 1. The summed E-state index contributed by atoms with van der Waals surface area (Å²) in [6, 6.07) is 13.4. The molecule has 3 rings (SSSR count). The maximum absolute atomic E-state index is 12.5. The minimum atomic E-state index is -0.0924. The highest BCUT2D eigenvalue weighted by atomic mass is 32.2. The van der Waals surface area contributed by atoms with E-state index in [1.165, 1.54) is 0 Å². The number of hydrogen-bond donors (Lipinski definition) is 0. The van der Waals surface area contributed by atoms with Crippen molar-refractivity contribution >= 4 is 23.4 Å². The van der Waals surface area contributed by atoms with Crippen LogP contribution < -0.4 is 19.1 Å². The Bertz CT molecular complexity index is 748. The standard InChI is InChI=1S/C19H21NO4S/c1-4-24-15-8-6-14(7-9-15)20-18(21)12-25-19(20)13-5-10-16(22-2)17(11-13)23-3/h5-11,19H,4,12H2,1-3H3/t19-/m1/s1. The third kappa shape index (κ3) is 3.54. The SMILES string of the molecule is CCOc1ccc(N2C(=O)CS[C@@H]2c2ccc(OC)c(OC)c2)cc1. The molecule has 1 saturated heterocycles. The quantitative estimate of drug-likeness (QED) is 0.783. The molecule has 1 amide bonds. The number of anilines is 1. The number of methoxy groups -OCH3 is 2. The van der Waals surface area contributed by atoms with Crippen molar-refractivity contribution in [3.8, 4) is 17.2 Å². The average Bonchev–Trinajstić information content (AvgIpc) is 3.03. The second kappa shape index (κ2) is 7.70. The summed E-state index contributed by atoms with van der Waals surface area (Å²) in [5.41, 5.74) is 1.86. The van der Waals surface area contributed by atoms with Crippen molar-refractivity contribution in [1.82, 2.24) is 0 Å². The molecule has 1 aliphatic heterocycles. The molecule has 0 aliphatic carbocycles. The predicted octanol–water partition coefficient (Wildman–Crippen LogP) is 3.88. The number of ether oxygens (including phenoxy) is 3. The lowest BCUT2D eigenvalue weighted by Crippen LogP contribution is -2.27. The number of nitrogens with zero attached hydrogens (tertiary/aromatic N) is 1. The molecule has 0 bridgehead atoms. The average molecular weight is 359 g/mol. The number of hydrogen-bond acceptors (Lipinski definition) is 5. The predicted molar refractivity (Wildman–Crippen MR) is 99.8 cm³/mol. The third-order valence-corrected chi connectivity index (χ3v) is 5.20. The highest BCUT2D eigenvalue weighted by Crippen LogP contribution is 2.44. The van der Waals surface area contributed by atoms with Crippen molar-refractivity contribution in [2.45, 2.75) is 12.3 Å². The molecule has 6 heteroatoms. The van der Waals surface area contributed by atoms with E-state index in [9.17, 15) is 4.79 Å². The number of benzene rings is 2. The van der Waals surface area contributed by atoms with Crippen LogP contribution in [0, 0.1) is 0 Å². The topological polar surface area (TPSA) is 48.0 Å². The van der Waals surface area contributed by atoms with Gasteiger partial charge in [0.1, 0.15) is 11.1 Å². The van der Waals surface area contributed by atoms with E-state index < -0.39 is 0 Å². The first-order chi connectivity index (χ1) is 12.2. The van der Waals surface area contributed by atoms with Crippen molar-refractivity contribution in [2.24, 2.45) is 0 Å². The van der Waals surface area contributed by atoms with E-state index in [0.717, 1.165) is 17.0 Å². The molecule has 5 nitrogen and oxygen atoms in total. The molecule has 132 valence electrons. The summed E-state index contributed by atoms with van der Waals surface area (Å²) in [4.78, 5) is 14.3. The maximum Gasteiger partial charge on any atom is 0.238 e. The Kier molecular flexibility index (Phi) is 5.38. The van der Waals surface area contributed by atoms with Crippen LogP contribution in [0.2, 0.25) is 0 Å². The minimum absolute atomic E-state index is 0.0916. The second-order valence-corrected chi connectivity index (χ2v) is 6.54. The molecule has 2 aromatic rings. The van der Waals surface area contributed by atoms with Gasteiger partial charge in [0.2, 0.25) is 5.91 Å². The van der Waals surface area contributed by atoms with Gasteiger partial charge >= 0.3 is 0 Å². The first-order valence-corrected chi connectivity index (χ1v) is 9.11. The van der Waals surface area contributed by atoms with E-state index >= 15 is 0 Å². The Labute approximate surface area is 151 Å². The summed E-state index contributed by atoms with van der Waals surface area (Å²) in [7, 11) is 3.22. The van der Waals surface area contributed by atoms with Gasteiger partial charge in [0.15, 0.2) is 11.5 Å². The number of carbonyl (C=O) groups excluding carboxylic acids is 1. The molecule has 1 atom stereocenters. The highest BCUT2D eigenvalue weighted by Gasteiger charge is 2.34. The molecule has 1 fully saturated rings. The Hall–Kier alpha value is -2.34. The number of amides is 1. The van der Waals surface area contributed by atoms with E-state index in [0.29, 0.717) is 23.9 Å². The molecule has 2 aromatic carbocycles. The molecular formula is C19H21NO4S. The van der Waals surface area contributed by atoms with Crippen LogP contribution >= 0.6 is 11.8 Å². The van der Waals surface area contributed by atoms with Gasteiger partial charge in [-0.1, -0.05) is 6.07 Å². The van der Waals surface area contributed by atoms with Crippen LogP contribution in [0.1, 0.15) is 17.9 Å². The van der Waals surface area contributed by atoms with Crippen molar-refractivity contribution in [3.63, 3.8) is 0 Å². The van der Waals surface area contributed by atoms with Crippen LogP contribution in [-0.2, 0) is 4.79 Å². The molecule has 0 saturated carbocycles. The first-order valence-electron chi connectivity index (χ1n) is 8.06. The molecule has 25 heavy (non-hydrogen) atoms. The molecule has 1 heterocycles. The van der Waals surface area contributed by atoms with Crippen LogP contribution in [0.3, 0.4) is 0 Å². The van der Waals surface area contributed by atoms with E-state index in [2.05, 4.69) is 0 Å². The van der Waals surface area contributed by atoms with E-state index in [4.69, 9.17) is 14.2 Å². The van der Waals surface area contributed by atoms with Crippen molar-refractivity contribution in [2.75, 3.05) is 31.5 Å². The van der Waals surface area contributed by atoms with E-state index in [1.54, 1.807) is 26.0 Å². The number of rotatable bonds is 6. The van der Waals surface area contributed by atoms with Crippen molar-refractivity contribution in [1.29, 1.82) is 0 Å². The van der Waals surface area contributed by atoms with Crippen LogP contribution in [-0.4, -0.2) is 32.5 Å². The van der Waals surface area contributed by atoms with Crippen molar-refractivity contribution < 1.29 is 19.0 Å². The summed E-state index contributed by atoms with van der Waals surface area (Å²) in [5, 5.41) is -0.0924. The van der Waals surface area contributed by atoms with Gasteiger partial charge in [0.05, 0.1) is 26.6 Å². The molecule has 0 aromatic heterocycles. The summed E-state index contributed by atoms with van der Waals surface area (Å²) in [6.45, 7) is 2.56. The zero-order valence-electron chi connectivity index (χ0n) is 14.5. The molecular weight excluding hydrogens is 338 g/mol. The lowest BCUT2D eigenvalue weighted by molar-refractivity contribution is -0.115. The van der Waals surface area contributed by atoms with Gasteiger partial charge in [0, 0.05) is 5.69 Å². The van der Waals surface area contributed by atoms with Gasteiger partial charge in [-0.25, -0.2) is 0 Å². The Morgan fingerprint density at radius 1 is 1.08 bits per heavy atom. The van der Waals surface area contributed by atoms with Crippen LogP contribution in [0.4, 0.5) is 5.69 Å². The zero-order valence-corrected chi connectivity index (χ0v) is 15.3. The smallest absolute Gasteiger partial charge is 0.238 e. The summed E-state index contributed by atoms with van der Waals surface area (Å²) in [6.07, 6.45) is 0. The summed E-state index contributed by atoms with van der Waals surface area (Å²) < 4.78 is 16.2. The Morgan fingerprint density at radius 3 is 2.44 bits per heavy atom. The van der Waals surface area contributed by atoms with Crippen LogP contribution in [0.25, 0.3) is 0 Å².